The molecule has 0 aliphatic heterocycles. The average molecular weight is 398 g/mol. The highest BCUT2D eigenvalue weighted by molar-refractivity contribution is 6.07. The Kier molecular flexibility index (Phi) is 5.57. The number of carbonyl (C=O) groups is 1. The van der Waals surface area contributed by atoms with Crippen LogP contribution in [0.5, 0.6) is 0 Å². The summed E-state index contributed by atoms with van der Waals surface area (Å²) in [4.78, 5) is 21.7. The second-order valence-electron chi connectivity index (χ2n) is 7.03. The smallest absolute Gasteiger partial charge is 0.342 e. The molecule has 4 rings (SSSR count). The number of para-hydroxylation sites is 1. The number of nitrogens with zero attached hydrogens (tertiary/aromatic N) is 2. The van der Waals surface area contributed by atoms with Crippen molar-refractivity contribution in [2.45, 2.75) is 20.1 Å². The van der Waals surface area contributed by atoms with Crippen molar-refractivity contribution < 1.29 is 9.53 Å². The number of nitrogens with one attached hydrogen (secondary N) is 1. The van der Waals surface area contributed by atoms with Gasteiger partial charge in [0.2, 0.25) is 0 Å². The highest BCUT2D eigenvalue weighted by Crippen LogP contribution is 2.30. The Labute approximate surface area is 174 Å². The third-order valence-corrected chi connectivity index (χ3v) is 4.77. The molecule has 0 aliphatic rings. The van der Waals surface area contributed by atoms with E-state index in [1.807, 2.05) is 61.5 Å². The zero-order valence-corrected chi connectivity index (χ0v) is 16.6. The molecule has 2 aromatic carbocycles. The monoisotopic (exact) mass is 398 g/mol. The number of rotatable bonds is 6. The highest BCUT2D eigenvalue weighted by atomic mass is 16.5. The Balaban J connectivity index is 1.64. The molecule has 4 aromatic rings. The van der Waals surface area contributed by atoms with Gasteiger partial charge in [-0.3, -0.25) is 9.97 Å². The van der Waals surface area contributed by atoms with Gasteiger partial charge in [-0.1, -0.05) is 48.0 Å². The van der Waals surface area contributed by atoms with Crippen molar-refractivity contribution in [3.8, 4) is 0 Å². The Morgan fingerprint density at radius 1 is 1.07 bits per heavy atom. The second-order valence-corrected chi connectivity index (χ2v) is 7.03. The predicted molar refractivity (Wildman–Crippen MR) is 118 cm³/mol. The molecular weight excluding hydrogens is 376 g/mol. The Bertz CT molecular complexity index is 1190. The Hall–Kier alpha value is -3.93. The van der Waals surface area contributed by atoms with Crippen LogP contribution in [0, 0.1) is 6.92 Å². The number of hydrogen-bond acceptors (Lipinski definition) is 6. The lowest BCUT2D eigenvalue weighted by Crippen LogP contribution is -2.12. The molecule has 0 atom stereocenters. The van der Waals surface area contributed by atoms with Crippen molar-refractivity contribution in [3.63, 3.8) is 0 Å². The average Bonchev–Trinajstić information content (AvgIpc) is 2.77. The molecule has 6 heteroatoms. The van der Waals surface area contributed by atoms with E-state index in [1.165, 1.54) is 6.20 Å². The number of esters is 1. The molecule has 0 radical (unpaired) electrons. The van der Waals surface area contributed by atoms with Gasteiger partial charge in [0, 0.05) is 17.8 Å². The largest absolute Gasteiger partial charge is 0.457 e. The van der Waals surface area contributed by atoms with Crippen molar-refractivity contribution in [1.29, 1.82) is 0 Å². The molecule has 30 heavy (non-hydrogen) atoms. The van der Waals surface area contributed by atoms with Gasteiger partial charge in [0.15, 0.2) is 0 Å². The lowest BCUT2D eigenvalue weighted by atomic mass is 10.1. The van der Waals surface area contributed by atoms with Gasteiger partial charge in [-0.05, 0) is 30.7 Å². The third-order valence-electron chi connectivity index (χ3n) is 4.77. The summed E-state index contributed by atoms with van der Waals surface area (Å²) in [5.41, 5.74) is 11.2. The van der Waals surface area contributed by atoms with Gasteiger partial charge in [0.05, 0.1) is 29.1 Å². The van der Waals surface area contributed by atoms with Crippen LogP contribution < -0.4 is 11.1 Å². The molecule has 0 saturated heterocycles. The van der Waals surface area contributed by atoms with Crippen LogP contribution in [-0.2, 0) is 17.9 Å². The van der Waals surface area contributed by atoms with E-state index in [2.05, 4.69) is 15.3 Å². The van der Waals surface area contributed by atoms with Crippen LogP contribution in [0.2, 0.25) is 0 Å². The second kappa shape index (κ2) is 8.61. The molecule has 0 saturated carbocycles. The number of hydrogen-bond donors (Lipinski definition) is 2. The summed E-state index contributed by atoms with van der Waals surface area (Å²) in [6.45, 7) is 2.64. The van der Waals surface area contributed by atoms with Crippen LogP contribution in [0.3, 0.4) is 0 Å². The molecule has 0 bridgehead atoms. The lowest BCUT2D eigenvalue weighted by molar-refractivity contribution is 0.0473. The summed E-state index contributed by atoms with van der Waals surface area (Å²) in [5.74, 6) is -0.447. The summed E-state index contributed by atoms with van der Waals surface area (Å²) in [6.07, 6.45) is 3.24. The van der Waals surface area contributed by atoms with E-state index >= 15 is 0 Å². The molecule has 0 spiro atoms. The van der Waals surface area contributed by atoms with Crippen molar-refractivity contribution in [2.24, 2.45) is 0 Å². The molecule has 3 N–H and O–H groups in total. The summed E-state index contributed by atoms with van der Waals surface area (Å²) in [6, 6.07) is 19.1. The van der Waals surface area contributed by atoms with Crippen molar-refractivity contribution in [2.75, 3.05) is 11.1 Å². The molecule has 150 valence electrons. The highest BCUT2D eigenvalue weighted by Gasteiger charge is 2.18. The molecule has 2 heterocycles. The fraction of sp³-hybridized carbons (Fsp3) is 0.125. The minimum atomic E-state index is -0.447. The van der Waals surface area contributed by atoms with E-state index in [1.54, 1.807) is 12.3 Å². The quantitative estimate of drug-likeness (QED) is 0.367. The maximum atomic E-state index is 12.9. The number of aryl methyl sites for hydroxylation is 1. The van der Waals surface area contributed by atoms with Crippen LogP contribution in [0.4, 0.5) is 11.4 Å². The molecule has 0 unspecified atom stereocenters. The number of pyridine rings is 2. The number of carbonyl (C=O) groups excluding carboxylic acids is 1. The third kappa shape index (κ3) is 4.22. The molecule has 0 aliphatic carbocycles. The van der Waals surface area contributed by atoms with E-state index in [-0.39, 0.29) is 6.61 Å². The number of benzene rings is 2. The van der Waals surface area contributed by atoms with Crippen LogP contribution in [0.25, 0.3) is 10.9 Å². The van der Waals surface area contributed by atoms with Crippen molar-refractivity contribution in [1.82, 2.24) is 9.97 Å². The standard InChI is InChI=1S/C24H22N4O2/c1-16-6-4-7-17(12-16)15-30-24(29)20-14-28-23-19(9-5-10-21(23)25)22(20)27-13-18-8-2-3-11-26-18/h2-12,14H,13,15,25H2,1H3,(H,27,28). The molecule has 0 fully saturated rings. The Morgan fingerprint density at radius 2 is 1.93 bits per heavy atom. The minimum Gasteiger partial charge on any atom is -0.457 e. The normalized spacial score (nSPS) is 10.7. The number of ether oxygens (including phenoxy) is 1. The van der Waals surface area contributed by atoms with Crippen LogP contribution >= 0.6 is 0 Å². The van der Waals surface area contributed by atoms with Crippen LogP contribution in [-0.4, -0.2) is 15.9 Å². The van der Waals surface area contributed by atoms with Gasteiger partial charge in [-0.2, -0.15) is 0 Å². The summed E-state index contributed by atoms with van der Waals surface area (Å²) < 4.78 is 5.58. The van der Waals surface area contributed by atoms with Gasteiger partial charge in [-0.25, -0.2) is 4.79 Å². The fourth-order valence-corrected chi connectivity index (χ4v) is 3.30. The minimum absolute atomic E-state index is 0.190. The first-order valence-corrected chi connectivity index (χ1v) is 9.65. The maximum Gasteiger partial charge on any atom is 0.342 e. The molecule has 0 amide bonds. The van der Waals surface area contributed by atoms with Gasteiger partial charge in [0.25, 0.3) is 0 Å². The number of nitrogens with two attached hydrogens (primary N) is 1. The van der Waals surface area contributed by atoms with Crippen molar-refractivity contribution in [3.05, 3.63) is 95.4 Å². The van der Waals surface area contributed by atoms with Crippen LogP contribution in [0.15, 0.2) is 73.1 Å². The van der Waals surface area contributed by atoms with Gasteiger partial charge >= 0.3 is 5.97 Å². The van der Waals surface area contributed by atoms with Crippen LogP contribution in [0.1, 0.15) is 27.2 Å². The topological polar surface area (TPSA) is 90.1 Å². The number of anilines is 2. The first kappa shape index (κ1) is 19.4. The Morgan fingerprint density at radius 3 is 2.73 bits per heavy atom. The molecule has 2 aromatic heterocycles. The van der Waals surface area contributed by atoms with E-state index in [0.29, 0.717) is 29.0 Å². The zero-order valence-electron chi connectivity index (χ0n) is 16.6. The summed E-state index contributed by atoms with van der Waals surface area (Å²) >= 11 is 0. The first-order valence-electron chi connectivity index (χ1n) is 9.65. The van der Waals surface area contributed by atoms with Gasteiger partial charge in [-0.15, -0.1) is 0 Å². The predicted octanol–water partition coefficient (Wildman–Crippen LogP) is 4.49. The van der Waals surface area contributed by atoms with E-state index in [9.17, 15) is 4.79 Å². The molecule has 6 nitrogen and oxygen atoms in total. The lowest BCUT2D eigenvalue weighted by Gasteiger charge is -2.15. The fourth-order valence-electron chi connectivity index (χ4n) is 3.30. The SMILES string of the molecule is Cc1cccc(COC(=O)c2cnc3c(N)cccc3c2NCc2ccccn2)c1. The number of aromatic nitrogens is 2. The summed E-state index contributed by atoms with van der Waals surface area (Å²) in [5, 5.41) is 4.09. The van der Waals surface area contributed by atoms with E-state index in [4.69, 9.17) is 10.5 Å². The van der Waals surface area contributed by atoms with Crippen molar-refractivity contribution >= 4 is 28.2 Å². The van der Waals surface area contributed by atoms with Gasteiger partial charge < -0.3 is 15.8 Å². The molecular formula is C24H22N4O2. The first-order chi connectivity index (χ1) is 14.6. The van der Waals surface area contributed by atoms with E-state index in [0.717, 1.165) is 22.2 Å². The summed E-state index contributed by atoms with van der Waals surface area (Å²) in [7, 11) is 0. The number of fused-ring (bicyclic) bond motifs is 1. The maximum absolute atomic E-state index is 12.9. The van der Waals surface area contributed by atoms with Gasteiger partial charge in [0.1, 0.15) is 12.2 Å². The zero-order chi connectivity index (χ0) is 20.9. The van der Waals surface area contributed by atoms with E-state index < -0.39 is 5.97 Å². The number of nitrogen functional groups attached to an aromatic ring is 1.